The van der Waals surface area contributed by atoms with Crippen molar-refractivity contribution >= 4 is 22.7 Å². The van der Waals surface area contributed by atoms with Gasteiger partial charge in [0.2, 0.25) is 0 Å². The summed E-state index contributed by atoms with van der Waals surface area (Å²) >= 11 is 1.81. The molecule has 0 spiro atoms. The van der Waals surface area contributed by atoms with Crippen molar-refractivity contribution in [2.24, 2.45) is 0 Å². The summed E-state index contributed by atoms with van der Waals surface area (Å²) in [6.07, 6.45) is 2.09. The molecule has 2 aromatic carbocycles. The van der Waals surface area contributed by atoms with Gasteiger partial charge in [0.25, 0.3) is 0 Å². The van der Waals surface area contributed by atoms with Crippen LogP contribution in [-0.4, -0.2) is 4.98 Å². The van der Waals surface area contributed by atoms with E-state index >= 15 is 0 Å². The van der Waals surface area contributed by atoms with Crippen molar-refractivity contribution in [2.75, 3.05) is 0 Å². The molecule has 0 radical (unpaired) electrons. The molecule has 0 unspecified atom stereocenters. The van der Waals surface area contributed by atoms with Crippen LogP contribution in [0.2, 0.25) is 0 Å². The van der Waals surface area contributed by atoms with Crippen LogP contribution >= 0.6 is 11.8 Å². The van der Waals surface area contributed by atoms with Crippen molar-refractivity contribution in [3.05, 3.63) is 59.8 Å². The maximum atomic E-state index is 3.33. The minimum atomic E-state index is 1.20. The van der Waals surface area contributed by atoms with Crippen LogP contribution in [0.1, 0.15) is 11.1 Å². The van der Waals surface area contributed by atoms with Crippen LogP contribution in [0.4, 0.5) is 0 Å². The average Bonchev–Trinajstić information content (AvgIpc) is 2.75. The van der Waals surface area contributed by atoms with E-state index in [4.69, 9.17) is 0 Å². The minimum Gasteiger partial charge on any atom is -0.360 e. The van der Waals surface area contributed by atoms with Gasteiger partial charge in [-0.2, -0.15) is 0 Å². The smallest absolute Gasteiger partial charge is 0.0465 e. The van der Waals surface area contributed by atoms with Crippen molar-refractivity contribution in [1.82, 2.24) is 4.98 Å². The molecule has 0 amide bonds. The normalized spacial score (nSPS) is 11.0. The molecule has 0 saturated carbocycles. The molecule has 1 N–H and O–H groups in total. The molecule has 90 valence electrons. The number of aromatic amines is 1. The van der Waals surface area contributed by atoms with E-state index < -0.39 is 0 Å². The zero-order valence-corrected chi connectivity index (χ0v) is 11.3. The molecular weight excluding hydrogens is 238 g/mol. The summed E-state index contributed by atoms with van der Waals surface area (Å²) in [5, 5.41) is 1.31. The molecule has 0 fully saturated rings. The number of hydrogen-bond donors (Lipinski definition) is 1. The van der Waals surface area contributed by atoms with Crippen LogP contribution in [0.25, 0.3) is 10.9 Å². The highest BCUT2D eigenvalue weighted by Gasteiger charge is 2.05. The van der Waals surface area contributed by atoms with Crippen LogP contribution < -0.4 is 0 Å². The monoisotopic (exact) mass is 253 g/mol. The highest BCUT2D eigenvalue weighted by atomic mass is 32.2. The second-order valence-electron chi connectivity index (χ2n) is 4.62. The molecule has 0 aliphatic rings. The Kier molecular flexibility index (Phi) is 2.88. The molecule has 0 saturated heterocycles. The maximum absolute atomic E-state index is 3.33. The van der Waals surface area contributed by atoms with Gasteiger partial charge in [-0.05, 0) is 38.1 Å². The second kappa shape index (κ2) is 4.54. The lowest BCUT2D eigenvalue weighted by Crippen LogP contribution is -1.75. The fraction of sp³-hybridized carbons (Fsp3) is 0.125. The van der Waals surface area contributed by atoms with Crippen LogP contribution in [0.3, 0.4) is 0 Å². The zero-order chi connectivity index (χ0) is 12.5. The molecule has 0 atom stereocenters. The Labute approximate surface area is 111 Å². The number of hydrogen-bond acceptors (Lipinski definition) is 1. The highest BCUT2D eigenvalue weighted by Crippen LogP contribution is 2.33. The number of rotatable bonds is 2. The van der Waals surface area contributed by atoms with E-state index in [1.807, 2.05) is 11.8 Å². The van der Waals surface area contributed by atoms with Crippen molar-refractivity contribution in [3.63, 3.8) is 0 Å². The number of aromatic nitrogens is 1. The van der Waals surface area contributed by atoms with Crippen molar-refractivity contribution in [3.8, 4) is 0 Å². The van der Waals surface area contributed by atoms with Gasteiger partial charge in [0, 0.05) is 26.9 Å². The number of nitrogens with one attached hydrogen (secondary N) is 1. The summed E-state index contributed by atoms with van der Waals surface area (Å²) in [6, 6.07) is 15.2. The van der Waals surface area contributed by atoms with Crippen molar-refractivity contribution < 1.29 is 0 Å². The Morgan fingerprint density at radius 2 is 1.61 bits per heavy atom. The largest absolute Gasteiger partial charge is 0.360 e. The summed E-state index contributed by atoms with van der Waals surface area (Å²) in [5.41, 5.74) is 3.80. The van der Waals surface area contributed by atoms with Gasteiger partial charge in [-0.1, -0.05) is 41.1 Å². The van der Waals surface area contributed by atoms with E-state index in [1.165, 1.54) is 31.8 Å². The first-order chi connectivity index (χ1) is 8.72. The van der Waals surface area contributed by atoms with Gasteiger partial charge in [-0.25, -0.2) is 0 Å². The van der Waals surface area contributed by atoms with E-state index in [0.29, 0.717) is 0 Å². The molecule has 0 aliphatic carbocycles. The van der Waals surface area contributed by atoms with Crippen molar-refractivity contribution in [1.29, 1.82) is 0 Å². The van der Waals surface area contributed by atoms with E-state index in [1.54, 1.807) is 0 Å². The molecule has 1 heterocycles. The Morgan fingerprint density at radius 3 is 2.39 bits per heavy atom. The van der Waals surface area contributed by atoms with Crippen molar-refractivity contribution in [2.45, 2.75) is 23.6 Å². The Balaban J connectivity index is 1.99. The fourth-order valence-corrected chi connectivity index (χ4v) is 2.95. The first kappa shape index (κ1) is 11.4. The molecule has 3 rings (SSSR count). The van der Waals surface area contributed by atoms with Gasteiger partial charge in [0.1, 0.15) is 0 Å². The second-order valence-corrected chi connectivity index (χ2v) is 5.73. The molecule has 2 heteroatoms. The van der Waals surface area contributed by atoms with Crippen LogP contribution in [0.5, 0.6) is 0 Å². The Morgan fingerprint density at radius 1 is 0.889 bits per heavy atom. The van der Waals surface area contributed by atoms with Crippen LogP contribution in [0, 0.1) is 13.8 Å². The zero-order valence-electron chi connectivity index (χ0n) is 10.5. The lowest BCUT2D eigenvalue weighted by Gasteiger charge is -2.01. The van der Waals surface area contributed by atoms with E-state index in [0.717, 1.165) is 0 Å². The first-order valence-electron chi connectivity index (χ1n) is 6.04. The summed E-state index contributed by atoms with van der Waals surface area (Å²) in [6.45, 7) is 4.25. The standard InChI is InChI=1S/C16H15NS/c1-11-3-6-13(7-4-11)18-16-10-17-15-8-5-12(2)9-14(15)16/h3-10,17H,1-2H3. The maximum Gasteiger partial charge on any atom is 0.0465 e. The van der Waals surface area contributed by atoms with Gasteiger partial charge in [0.05, 0.1) is 0 Å². The summed E-state index contributed by atoms with van der Waals surface area (Å²) in [4.78, 5) is 5.90. The third kappa shape index (κ3) is 2.16. The summed E-state index contributed by atoms with van der Waals surface area (Å²) in [7, 11) is 0. The Hall–Kier alpha value is -1.67. The van der Waals surface area contributed by atoms with Crippen LogP contribution in [0.15, 0.2) is 58.5 Å². The third-order valence-corrected chi connectivity index (χ3v) is 4.11. The van der Waals surface area contributed by atoms with Crippen LogP contribution in [-0.2, 0) is 0 Å². The number of benzene rings is 2. The lowest BCUT2D eigenvalue weighted by atomic mass is 10.2. The van der Waals surface area contributed by atoms with Gasteiger partial charge in [-0.3, -0.25) is 0 Å². The third-order valence-electron chi connectivity index (χ3n) is 3.05. The molecule has 1 aromatic heterocycles. The SMILES string of the molecule is Cc1ccc(Sc2c[nH]c3ccc(C)cc23)cc1. The number of aryl methyl sites for hydroxylation is 2. The van der Waals surface area contributed by atoms with E-state index in [-0.39, 0.29) is 0 Å². The topological polar surface area (TPSA) is 15.8 Å². The van der Waals surface area contributed by atoms with E-state index in [9.17, 15) is 0 Å². The molecule has 18 heavy (non-hydrogen) atoms. The molecule has 0 aliphatic heterocycles. The van der Waals surface area contributed by atoms with E-state index in [2.05, 4.69) is 67.5 Å². The minimum absolute atomic E-state index is 1.20. The molecular formula is C16H15NS. The molecule has 0 bridgehead atoms. The fourth-order valence-electron chi connectivity index (χ4n) is 2.03. The Bertz CT molecular complexity index is 680. The number of fused-ring (bicyclic) bond motifs is 1. The lowest BCUT2D eigenvalue weighted by molar-refractivity contribution is 1.36. The van der Waals surface area contributed by atoms with Gasteiger partial charge < -0.3 is 4.98 Å². The summed E-state index contributed by atoms with van der Waals surface area (Å²) in [5.74, 6) is 0. The van der Waals surface area contributed by atoms with Gasteiger partial charge in [-0.15, -0.1) is 0 Å². The predicted molar refractivity (Wildman–Crippen MR) is 78.3 cm³/mol. The number of H-pyrrole nitrogens is 1. The summed E-state index contributed by atoms with van der Waals surface area (Å²) < 4.78 is 0. The first-order valence-corrected chi connectivity index (χ1v) is 6.86. The van der Waals surface area contributed by atoms with Gasteiger partial charge in [0.15, 0.2) is 0 Å². The molecule has 1 nitrogen and oxygen atoms in total. The predicted octanol–water partition coefficient (Wildman–Crippen LogP) is 4.94. The quantitative estimate of drug-likeness (QED) is 0.684. The highest BCUT2D eigenvalue weighted by molar-refractivity contribution is 7.99. The average molecular weight is 253 g/mol. The van der Waals surface area contributed by atoms with Gasteiger partial charge >= 0.3 is 0 Å². The molecule has 3 aromatic rings.